The molecule has 0 fully saturated rings. The molecule has 0 atom stereocenters. The van der Waals surface area contributed by atoms with Gasteiger partial charge in [0.2, 0.25) is 0 Å². The van der Waals surface area contributed by atoms with Crippen molar-refractivity contribution in [3.8, 4) is 5.69 Å². The first kappa shape index (κ1) is 11.4. The maximum Gasteiger partial charge on any atom is 0.166 e. The van der Waals surface area contributed by atoms with Gasteiger partial charge in [0.1, 0.15) is 0 Å². The Labute approximate surface area is 110 Å². The minimum atomic E-state index is 0.538. The summed E-state index contributed by atoms with van der Waals surface area (Å²) >= 11 is 0. The zero-order valence-corrected chi connectivity index (χ0v) is 10.1. The van der Waals surface area contributed by atoms with Gasteiger partial charge in [0.05, 0.1) is 16.9 Å². The molecule has 1 aromatic heterocycles. The summed E-state index contributed by atoms with van der Waals surface area (Å²) in [5, 5.41) is 0.977. The van der Waals surface area contributed by atoms with E-state index >= 15 is 0 Å². The number of aromatic nitrogens is 1. The van der Waals surface area contributed by atoms with Crippen LogP contribution in [0.3, 0.4) is 0 Å². The molecular formula is C16H11NO2. The molecule has 0 aliphatic heterocycles. The minimum absolute atomic E-state index is 0.538. The average molecular weight is 249 g/mol. The van der Waals surface area contributed by atoms with Crippen LogP contribution >= 0.6 is 0 Å². The van der Waals surface area contributed by atoms with Crippen LogP contribution in [0.15, 0.2) is 54.6 Å². The Morgan fingerprint density at radius 3 is 2.37 bits per heavy atom. The van der Waals surface area contributed by atoms with Gasteiger partial charge in [-0.1, -0.05) is 30.3 Å². The van der Waals surface area contributed by atoms with E-state index in [0.717, 1.165) is 29.2 Å². The SMILES string of the molecule is O=Cc1ccccc1-n1c(C=O)cc2ccccc21. The molecule has 3 heteroatoms. The second-order valence-electron chi connectivity index (χ2n) is 4.26. The van der Waals surface area contributed by atoms with Crippen LogP contribution < -0.4 is 0 Å². The van der Waals surface area contributed by atoms with Crippen molar-refractivity contribution in [1.29, 1.82) is 0 Å². The number of hydrogen-bond donors (Lipinski definition) is 0. The molecular weight excluding hydrogens is 238 g/mol. The maximum atomic E-state index is 11.3. The van der Waals surface area contributed by atoms with E-state index in [9.17, 15) is 9.59 Å². The number of carbonyl (C=O) groups is 2. The molecule has 2 aromatic carbocycles. The van der Waals surface area contributed by atoms with E-state index < -0.39 is 0 Å². The number of benzene rings is 2. The van der Waals surface area contributed by atoms with Crippen molar-refractivity contribution in [2.75, 3.05) is 0 Å². The Balaban J connectivity index is 2.41. The lowest BCUT2D eigenvalue weighted by molar-refractivity contribution is 0.110. The third-order valence-electron chi connectivity index (χ3n) is 3.16. The Morgan fingerprint density at radius 2 is 1.58 bits per heavy atom. The van der Waals surface area contributed by atoms with Crippen molar-refractivity contribution in [1.82, 2.24) is 4.57 Å². The molecule has 0 N–H and O–H groups in total. The van der Waals surface area contributed by atoms with Gasteiger partial charge < -0.3 is 4.57 Å². The highest BCUT2D eigenvalue weighted by molar-refractivity contribution is 5.93. The first-order valence-electron chi connectivity index (χ1n) is 5.95. The van der Waals surface area contributed by atoms with Gasteiger partial charge in [-0.05, 0) is 24.3 Å². The van der Waals surface area contributed by atoms with Crippen LogP contribution in [0.4, 0.5) is 0 Å². The standard InChI is InChI=1S/C16H11NO2/c18-10-13-6-2-4-8-16(13)17-14(11-19)9-12-5-1-3-7-15(12)17/h1-11H. The third-order valence-corrected chi connectivity index (χ3v) is 3.16. The first-order valence-corrected chi connectivity index (χ1v) is 5.95. The fourth-order valence-corrected chi connectivity index (χ4v) is 2.32. The summed E-state index contributed by atoms with van der Waals surface area (Å²) in [7, 11) is 0. The summed E-state index contributed by atoms with van der Waals surface area (Å²) in [5.74, 6) is 0. The van der Waals surface area contributed by atoms with Crippen LogP contribution in [-0.4, -0.2) is 17.1 Å². The summed E-state index contributed by atoms with van der Waals surface area (Å²) in [6.07, 6.45) is 1.61. The van der Waals surface area contributed by atoms with E-state index in [4.69, 9.17) is 0 Å². The van der Waals surface area contributed by atoms with Gasteiger partial charge in [-0.2, -0.15) is 0 Å². The van der Waals surface area contributed by atoms with Gasteiger partial charge in [0, 0.05) is 10.9 Å². The molecule has 0 unspecified atom stereocenters. The zero-order chi connectivity index (χ0) is 13.2. The molecule has 3 aromatic rings. The average Bonchev–Trinajstić information content (AvgIpc) is 2.85. The smallest absolute Gasteiger partial charge is 0.166 e. The number of carbonyl (C=O) groups excluding carboxylic acids is 2. The maximum absolute atomic E-state index is 11.3. The Bertz CT molecular complexity index is 771. The predicted octanol–water partition coefficient (Wildman–Crippen LogP) is 3.26. The van der Waals surface area contributed by atoms with Crippen molar-refractivity contribution in [3.05, 3.63) is 65.9 Å². The molecule has 3 nitrogen and oxygen atoms in total. The summed E-state index contributed by atoms with van der Waals surface area (Å²) in [6, 6.07) is 16.8. The number of aldehydes is 2. The fraction of sp³-hybridized carbons (Fsp3) is 0. The quantitative estimate of drug-likeness (QED) is 0.668. The van der Waals surface area contributed by atoms with Crippen molar-refractivity contribution in [2.24, 2.45) is 0 Å². The molecule has 0 aliphatic carbocycles. The first-order chi connectivity index (χ1) is 9.35. The second kappa shape index (κ2) is 4.53. The van der Waals surface area contributed by atoms with Crippen LogP contribution in [-0.2, 0) is 0 Å². The zero-order valence-electron chi connectivity index (χ0n) is 10.1. The van der Waals surface area contributed by atoms with Crippen molar-refractivity contribution in [3.63, 3.8) is 0 Å². The summed E-state index contributed by atoms with van der Waals surface area (Å²) in [4.78, 5) is 22.4. The Kier molecular flexibility index (Phi) is 2.72. The number of hydrogen-bond acceptors (Lipinski definition) is 2. The van der Waals surface area contributed by atoms with Gasteiger partial charge in [-0.25, -0.2) is 0 Å². The van der Waals surface area contributed by atoms with E-state index in [-0.39, 0.29) is 0 Å². The normalized spacial score (nSPS) is 10.5. The predicted molar refractivity (Wildman–Crippen MR) is 74.1 cm³/mol. The third kappa shape index (κ3) is 1.76. The van der Waals surface area contributed by atoms with Crippen LogP contribution in [0.2, 0.25) is 0 Å². The number of rotatable bonds is 3. The second-order valence-corrected chi connectivity index (χ2v) is 4.26. The van der Waals surface area contributed by atoms with E-state index in [1.807, 2.05) is 47.0 Å². The molecule has 0 amide bonds. The number of fused-ring (bicyclic) bond motifs is 1. The number of para-hydroxylation sites is 2. The Morgan fingerprint density at radius 1 is 0.842 bits per heavy atom. The van der Waals surface area contributed by atoms with E-state index in [1.54, 1.807) is 12.1 Å². The molecule has 19 heavy (non-hydrogen) atoms. The largest absolute Gasteiger partial charge is 0.306 e. The van der Waals surface area contributed by atoms with E-state index in [2.05, 4.69) is 0 Å². The lowest BCUT2D eigenvalue weighted by Crippen LogP contribution is -2.02. The van der Waals surface area contributed by atoms with Crippen molar-refractivity contribution >= 4 is 23.5 Å². The fourth-order valence-electron chi connectivity index (χ4n) is 2.32. The summed E-state index contributed by atoms with van der Waals surface area (Å²) in [5.41, 5.74) is 2.74. The van der Waals surface area contributed by atoms with Crippen LogP contribution in [0, 0.1) is 0 Å². The molecule has 0 saturated heterocycles. The highest BCUT2D eigenvalue weighted by Gasteiger charge is 2.12. The molecule has 3 rings (SSSR count). The molecule has 0 aliphatic rings. The van der Waals surface area contributed by atoms with Gasteiger partial charge in [0.25, 0.3) is 0 Å². The molecule has 0 spiro atoms. The molecule has 1 heterocycles. The highest BCUT2D eigenvalue weighted by atomic mass is 16.1. The highest BCUT2D eigenvalue weighted by Crippen LogP contribution is 2.25. The van der Waals surface area contributed by atoms with Gasteiger partial charge >= 0.3 is 0 Å². The van der Waals surface area contributed by atoms with Gasteiger partial charge in [-0.15, -0.1) is 0 Å². The number of nitrogens with zero attached hydrogens (tertiary/aromatic N) is 1. The Hall–Kier alpha value is -2.68. The van der Waals surface area contributed by atoms with Crippen LogP contribution in [0.25, 0.3) is 16.6 Å². The van der Waals surface area contributed by atoms with Gasteiger partial charge in [-0.3, -0.25) is 9.59 Å². The van der Waals surface area contributed by atoms with Crippen molar-refractivity contribution < 1.29 is 9.59 Å². The van der Waals surface area contributed by atoms with Crippen LogP contribution in [0.5, 0.6) is 0 Å². The van der Waals surface area contributed by atoms with Gasteiger partial charge in [0.15, 0.2) is 12.6 Å². The minimum Gasteiger partial charge on any atom is -0.306 e. The monoisotopic (exact) mass is 249 g/mol. The molecule has 0 bridgehead atoms. The van der Waals surface area contributed by atoms with E-state index in [0.29, 0.717) is 11.3 Å². The summed E-state index contributed by atoms with van der Waals surface area (Å²) < 4.78 is 1.81. The topological polar surface area (TPSA) is 39.1 Å². The lowest BCUT2D eigenvalue weighted by atomic mass is 10.2. The van der Waals surface area contributed by atoms with Crippen LogP contribution in [0.1, 0.15) is 20.8 Å². The summed E-state index contributed by atoms with van der Waals surface area (Å²) in [6.45, 7) is 0. The van der Waals surface area contributed by atoms with Crippen molar-refractivity contribution in [2.45, 2.75) is 0 Å². The van der Waals surface area contributed by atoms with E-state index in [1.165, 1.54) is 0 Å². The molecule has 0 saturated carbocycles. The molecule has 92 valence electrons. The lowest BCUT2D eigenvalue weighted by Gasteiger charge is -2.09. The molecule has 0 radical (unpaired) electrons.